The average molecular weight is 221 g/mol. The van der Waals surface area contributed by atoms with Gasteiger partial charge in [-0.3, -0.25) is 4.98 Å². The van der Waals surface area contributed by atoms with E-state index >= 15 is 0 Å². The minimum atomic E-state index is 0.253. The number of hydrogen-bond acceptors (Lipinski definition) is 3. The molecule has 0 saturated heterocycles. The third kappa shape index (κ3) is 3.20. The lowest BCUT2D eigenvalue weighted by atomic mass is 9.90. The zero-order valence-electron chi connectivity index (χ0n) is 10.6. The second-order valence-electron chi connectivity index (χ2n) is 4.28. The molecule has 3 nitrogen and oxygen atoms in total. The molecule has 0 fully saturated rings. The first-order valence-corrected chi connectivity index (χ1v) is 6.11. The second kappa shape index (κ2) is 5.85. The van der Waals surface area contributed by atoms with Gasteiger partial charge in [-0.05, 0) is 31.4 Å². The summed E-state index contributed by atoms with van der Waals surface area (Å²) in [6.07, 6.45) is 5.15. The lowest BCUT2D eigenvalue weighted by Gasteiger charge is -2.31. The number of pyridine rings is 1. The number of rotatable bonds is 6. The maximum Gasteiger partial charge on any atom is 0.0543 e. The molecule has 90 valence electrons. The van der Waals surface area contributed by atoms with Crippen molar-refractivity contribution in [3.63, 3.8) is 0 Å². The fourth-order valence-electron chi connectivity index (χ4n) is 1.94. The average Bonchev–Trinajstić information content (AvgIpc) is 2.34. The van der Waals surface area contributed by atoms with Crippen LogP contribution in [0.25, 0.3) is 0 Å². The first-order valence-electron chi connectivity index (χ1n) is 6.11. The molecule has 1 aromatic rings. The number of nitrogens with zero attached hydrogens (tertiary/aromatic N) is 1. The Bertz CT molecular complexity index is 293. The van der Waals surface area contributed by atoms with Crippen LogP contribution in [0, 0.1) is 0 Å². The maximum atomic E-state index is 5.60. The van der Waals surface area contributed by atoms with Gasteiger partial charge in [-0.2, -0.15) is 0 Å². The lowest BCUT2D eigenvalue weighted by molar-refractivity contribution is 0.287. The van der Waals surface area contributed by atoms with Gasteiger partial charge in [-0.15, -0.1) is 0 Å². The van der Waals surface area contributed by atoms with Crippen molar-refractivity contribution in [2.24, 2.45) is 0 Å². The van der Waals surface area contributed by atoms with E-state index in [1.54, 1.807) is 6.20 Å². The van der Waals surface area contributed by atoms with E-state index in [-0.39, 0.29) is 5.54 Å². The molecule has 3 heteroatoms. The van der Waals surface area contributed by atoms with Gasteiger partial charge in [0.05, 0.1) is 17.6 Å². The molecule has 16 heavy (non-hydrogen) atoms. The van der Waals surface area contributed by atoms with Gasteiger partial charge in [-0.25, -0.2) is 0 Å². The summed E-state index contributed by atoms with van der Waals surface area (Å²) in [4.78, 5) is 4.30. The van der Waals surface area contributed by atoms with Gasteiger partial charge < -0.3 is 11.1 Å². The lowest BCUT2D eigenvalue weighted by Crippen LogP contribution is -2.43. The Morgan fingerprint density at radius 1 is 1.19 bits per heavy atom. The van der Waals surface area contributed by atoms with Crippen LogP contribution in [0.5, 0.6) is 0 Å². The van der Waals surface area contributed by atoms with Crippen molar-refractivity contribution in [3.05, 3.63) is 24.0 Å². The highest BCUT2D eigenvalue weighted by molar-refractivity contribution is 5.34. The molecule has 1 aromatic heterocycles. The van der Waals surface area contributed by atoms with E-state index in [0.29, 0.717) is 0 Å². The van der Waals surface area contributed by atoms with E-state index < -0.39 is 0 Å². The molecule has 0 atom stereocenters. The van der Waals surface area contributed by atoms with Gasteiger partial charge in [0.15, 0.2) is 0 Å². The first kappa shape index (κ1) is 13.0. The molecular formula is C13H23N3. The minimum Gasteiger partial charge on any atom is -0.397 e. The SMILES string of the molecule is CCC(CC)(CC)NCc1ccc(N)cn1. The predicted octanol–water partition coefficient (Wildman–Crippen LogP) is 2.72. The number of nitrogen functional groups attached to an aromatic ring is 1. The van der Waals surface area contributed by atoms with Gasteiger partial charge in [0.1, 0.15) is 0 Å². The van der Waals surface area contributed by atoms with Crippen LogP contribution in [0.3, 0.4) is 0 Å². The summed E-state index contributed by atoms with van der Waals surface area (Å²) in [7, 11) is 0. The summed E-state index contributed by atoms with van der Waals surface area (Å²) in [5.41, 5.74) is 7.63. The Hall–Kier alpha value is -1.09. The first-order chi connectivity index (χ1) is 7.65. The van der Waals surface area contributed by atoms with Crippen molar-refractivity contribution in [2.75, 3.05) is 5.73 Å². The van der Waals surface area contributed by atoms with Gasteiger partial charge in [0, 0.05) is 12.1 Å². The van der Waals surface area contributed by atoms with Crippen LogP contribution in [0.1, 0.15) is 45.7 Å². The fourth-order valence-corrected chi connectivity index (χ4v) is 1.94. The van der Waals surface area contributed by atoms with Crippen molar-refractivity contribution in [3.8, 4) is 0 Å². The number of hydrogen-bond donors (Lipinski definition) is 2. The second-order valence-corrected chi connectivity index (χ2v) is 4.28. The van der Waals surface area contributed by atoms with E-state index in [9.17, 15) is 0 Å². The summed E-state index contributed by atoms with van der Waals surface area (Å²) < 4.78 is 0. The number of anilines is 1. The Balaban J connectivity index is 2.58. The van der Waals surface area contributed by atoms with E-state index in [1.165, 1.54) is 0 Å². The highest BCUT2D eigenvalue weighted by atomic mass is 15.0. The Labute approximate surface area is 98.5 Å². The monoisotopic (exact) mass is 221 g/mol. The fraction of sp³-hybridized carbons (Fsp3) is 0.615. The molecule has 0 bridgehead atoms. The van der Waals surface area contributed by atoms with Crippen LogP contribution in [0.15, 0.2) is 18.3 Å². The molecule has 1 heterocycles. The summed E-state index contributed by atoms with van der Waals surface area (Å²) in [5.74, 6) is 0. The highest BCUT2D eigenvalue weighted by Gasteiger charge is 2.22. The van der Waals surface area contributed by atoms with E-state index in [0.717, 1.165) is 37.2 Å². The van der Waals surface area contributed by atoms with Crippen LogP contribution in [-0.4, -0.2) is 10.5 Å². The van der Waals surface area contributed by atoms with Crippen LogP contribution < -0.4 is 11.1 Å². The zero-order valence-corrected chi connectivity index (χ0v) is 10.6. The van der Waals surface area contributed by atoms with E-state index in [2.05, 4.69) is 31.1 Å². The van der Waals surface area contributed by atoms with Crippen LogP contribution in [-0.2, 0) is 6.54 Å². The molecule has 0 aromatic carbocycles. The quantitative estimate of drug-likeness (QED) is 0.776. The largest absolute Gasteiger partial charge is 0.397 e. The molecular weight excluding hydrogens is 198 g/mol. The molecule has 0 aliphatic carbocycles. The molecule has 0 amide bonds. The number of nitrogens with two attached hydrogens (primary N) is 1. The Morgan fingerprint density at radius 3 is 2.25 bits per heavy atom. The number of aromatic nitrogens is 1. The topological polar surface area (TPSA) is 50.9 Å². The Morgan fingerprint density at radius 2 is 1.81 bits per heavy atom. The molecule has 0 unspecified atom stereocenters. The minimum absolute atomic E-state index is 0.253. The smallest absolute Gasteiger partial charge is 0.0543 e. The standard InChI is InChI=1S/C13H23N3/c1-4-13(5-2,6-3)16-10-12-8-7-11(14)9-15-12/h7-9,16H,4-6,10,14H2,1-3H3. The van der Waals surface area contributed by atoms with Gasteiger partial charge in [0.25, 0.3) is 0 Å². The summed E-state index contributed by atoms with van der Waals surface area (Å²) in [6, 6.07) is 3.88. The van der Waals surface area contributed by atoms with Gasteiger partial charge in [-0.1, -0.05) is 20.8 Å². The van der Waals surface area contributed by atoms with Crippen LogP contribution in [0.2, 0.25) is 0 Å². The molecule has 0 radical (unpaired) electrons. The third-order valence-corrected chi connectivity index (χ3v) is 3.52. The zero-order chi connectivity index (χ0) is 12.0. The van der Waals surface area contributed by atoms with Gasteiger partial charge in [0.2, 0.25) is 0 Å². The van der Waals surface area contributed by atoms with Crippen molar-refractivity contribution >= 4 is 5.69 Å². The summed E-state index contributed by atoms with van der Waals surface area (Å²) in [5, 5.41) is 3.61. The summed E-state index contributed by atoms with van der Waals surface area (Å²) in [6.45, 7) is 7.51. The molecule has 0 saturated carbocycles. The normalized spacial score (nSPS) is 11.7. The predicted molar refractivity (Wildman–Crippen MR) is 69.1 cm³/mol. The van der Waals surface area contributed by atoms with Crippen molar-refractivity contribution in [1.29, 1.82) is 0 Å². The van der Waals surface area contributed by atoms with Crippen molar-refractivity contribution in [2.45, 2.75) is 52.1 Å². The maximum absolute atomic E-state index is 5.60. The number of nitrogens with one attached hydrogen (secondary N) is 1. The van der Waals surface area contributed by atoms with E-state index in [4.69, 9.17) is 5.73 Å². The van der Waals surface area contributed by atoms with E-state index in [1.807, 2.05) is 12.1 Å². The Kier molecular flexibility index (Phi) is 4.74. The molecule has 1 rings (SSSR count). The molecule has 3 N–H and O–H groups in total. The molecule has 0 spiro atoms. The molecule has 0 aliphatic heterocycles. The molecule has 0 aliphatic rings. The van der Waals surface area contributed by atoms with Crippen molar-refractivity contribution in [1.82, 2.24) is 10.3 Å². The third-order valence-electron chi connectivity index (χ3n) is 3.52. The van der Waals surface area contributed by atoms with Crippen LogP contribution in [0.4, 0.5) is 5.69 Å². The van der Waals surface area contributed by atoms with Crippen LogP contribution >= 0.6 is 0 Å². The highest BCUT2D eigenvalue weighted by Crippen LogP contribution is 2.19. The van der Waals surface area contributed by atoms with Gasteiger partial charge >= 0.3 is 0 Å². The summed E-state index contributed by atoms with van der Waals surface area (Å²) >= 11 is 0. The van der Waals surface area contributed by atoms with Crippen molar-refractivity contribution < 1.29 is 0 Å².